The molecule has 0 bridgehead atoms. The summed E-state index contributed by atoms with van der Waals surface area (Å²) < 4.78 is 0.753. The Hall–Kier alpha value is -0.910. The minimum absolute atomic E-state index is 0.186. The quantitative estimate of drug-likeness (QED) is 0.866. The highest BCUT2D eigenvalue weighted by Crippen LogP contribution is 2.18. The van der Waals surface area contributed by atoms with E-state index in [1.54, 1.807) is 6.92 Å². The molecule has 2 N–H and O–H groups in total. The second kappa shape index (κ2) is 6.50. The first-order chi connectivity index (χ1) is 8.71. The zero-order chi connectivity index (χ0) is 14.6. The number of rotatable bonds is 5. The molecular weight excluding hydrogens is 308 g/mol. The van der Waals surface area contributed by atoms with Crippen LogP contribution in [-0.2, 0) is 0 Å². The first kappa shape index (κ1) is 16.1. The van der Waals surface area contributed by atoms with Gasteiger partial charge in [-0.2, -0.15) is 0 Å². The summed E-state index contributed by atoms with van der Waals surface area (Å²) in [7, 11) is 3.76. The lowest BCUT2D eigenvalue weighted by Gasteiger charge is -2.27. The molecule has 1 unspecified atom stereocenters. The van der Waals surface area contributed by atoms with Gasteiger partial charge in [-0.25, -0.2) is 0 Å². The first-order valence-electron chi connectivity index (χ1n) is 6.13. The van der Waals surface area contributed by atoms with Crippen molar-refractivity contribution in [2.45, 2.75) is 19.4 Å². The second-order valence-corrected chi connectivity index (χ2v) is 6.26. The van der Waals surface area contributed by atoms with E-state index < -0.39 is 5.60 Å². The molecule has 1 aromatic carbocycles. The normalized spacial score (nSPS) is 14.3. The molecular formula is C14H21BrN2O2. The molecule has 1 rings (SSSR count). The molecule has 0 radical (unpaired) electrons. The monoisotopic (exact) mass is 328 g/mol. The van der Waals surface area contributed by atoms with Crippen molar-refractivity contribution in [2.24, 2.45) is 0 Å². The van der Waals surface area contributed by atoms with Crippen molar-refractivity contribution in [2.75, 3.05) is 27.2 Å². The lowest BCUT2D eigenvalue weighted by Crippen LogP contribution is -2.47. The largest absolute Gasteiger partial charge is 0.387 e. The number of halogens is 1. The summed E-state index contributed by atoms with van der Waals surface area (Å²) in [6.07, 6.45) is 0. The molecule has 0 aliphatic rings. The lowest BCUT2D eigenvalue weighted by atomic mass is 10.1. The molecule has 0 aliphatic carbocycles. The van der Waals surface area contributed by atoms with E-state index in [4.69, 9.17) is 0 Å². The van der Waals surface area contributed by atoms with Crippen LogP contribution in [0.3, 0.4) is 0 Å². The number of hydrogen-bond donors (Lipinski definition) is 2. The van der Waals surface area contributed by atoms with Crippen LogP contribution in [0, 0.1) is 6.92 Å². The number of aryl methyl sites for hydroxylation is 1. The van der Waals surface area contributed by atoms with Gasteiger partial charge in [0.05, 0.1) is 11.2 Å². The lowest BCUT2D eigenvalue weighted by molar-refractivity contribution is 0.0326. The molecule has 0 fully saturated rings. The average Bonchev–Trinajstić information content (AvgIpc) is 2.27. The third kappa shape index (κ3) is 5.30. The van der Waals surface area contributed by atoms with Crippen LogP contribution < -0.4 is 5.32 Å². The number of carbonyl (C=O) groups excluding carboxylic acids is 1. The fourth-order valence-electron chi connectivity index (χ4n) is 1.92. The molecule has 0 heterocycles. The van der Waals surface area contributed by atoms with Gasteiger partial charge in [0, 0.05) is 17.6 Å². The number of aliphatic hydroxyl groups is 1. The Kier molecular flexibility index (Phi) is 5.52. The average molecular weight is 329 g/mol. The van der Waals surface area contributed by atoms with E-state index in [1.807, 2.05) is 44.1 Å². The van der Waals surface area contributed by atoms with E-state index in [0.29, 0.717) is 12.1 Å². The van der Waals surface area contributed by atoms with Crippen molar-refractivity contribution in [1.29, 1.82) is 0 Å². The molecule has 0 saturated heterocycles. The summed E-state index contributed by atoms with van der Waals surface area (Å²) in [4.78, 5) is 14.0. The Morgan fingerprint density at radius 2 is 2.11 bits per heavy atom. The Morgan fingerprint density at radius 1 is 1.47 bits per heavy atom. The van der Waals surface area contributed by atoms with Crippen LogP contribution in [0.4, 0.5) is 0 Å². The molecule has 5 heteroatoms. The van der Waals surface area contributed by atoms with Gasteiger partial charge in [-0.05, 0) is 56.0 Å². The van der Waals surface area contributed by atoms with Crippen LogP contribution >= 0.6 is 15.9 Å². The van der Waals surface area contributed by atoms with E-state index in [-0.39, 0.29) is 12.5 Å². The Bertz CT molecular complexity index is 459. The number of likely N-dealkylation sites (N-methyl/N-ethyl adjacent to an activating group) is 1. The van der Waals surface area contributed by atoms with Crippen LogP contribution in [-0.4, -0.2) is 48.7 Å². The number of benzene rings is 1. The summed E-state index contributed by atoms with van der Waals surface area (Å²) in [6.45, 7) is 4.34. The third-order valence-electron chi connectivity index (χ3n) is 2.65. The van der Waals surface area contributed by atoms with Gasteiger partial charge in [-0.15, -0.1) is 0 Å². The van der Waals surface area contributed by atoms with Crippen molar-refractivity contribution in [3.8, 4) is 0 Å². The van der Waals surface area contributed by atoms with Crippen LogP contribution in [0.5, 0.6) is 0 Å². The highest BCUT2D eigenvalue weighted by molar-refractivity contribution is 9.10. The fraction of sp³-hybridized carbons (Fsp3) is 0.500. The molecule has 1 atom stereocenters. The van der Waals surface area contributed by atoms with Gasteiger partial charge in [-0.1, -0.05) is 11.6 Å². The minimum atomic E-state index is -0.949. The zero-order valence-corrected chi connectivity index (χ0v) is 13.4. The van der Waals surface area contributed by atoms with Crippen LogP contribution in [0.25, 0.3) is 0 Å². The molecule has 4 nitrogen and oxygen atoms in total. The van der Waals surface area contributed by atoms with Crippen LogP contribution in [0.2, 0.25) is 0 Å². The Labute approximate surface area is 122 Å². The number of amides is 1. The summed E-state index contributed by atoms with van der Waals surface area (Å²) in [5.41, 5.74) is 0.657. The number of nitrogens with zero attached hydrogens (tertiary/aromatic N) is 1. The van der Waals surface area contributed by atoms with Gasteiger partial charge >= 0.3 is 0 Å². The van der Waals surface area contributed by atoms with E-state index in [0.717, 1.165) is 10.0 Å². The highest BCUT2D eigenvalue weighted by atomic mass is 79.9. The van der Waals surface area contributed by atoms with Gasteiger partial charge in [-0.3, -0.25) is 4.79 Å². The van der Waals surface area contributed by atoms with Gasteiger partial charge < -0.3 is 15.3 Å². The summed E-state index contributed by atoms with van der Waals surface area (Å²) in [5, 5.41) is 12.9. The van der Waals surface area contributed by atoms with Crippen molar-refractivity contribution < 1.29 is 9.90 Å². The van der Waals surface area contributed by atoms with Crippen molar-refractivity contribution in [3.05, 3.63) is 33.8 Å². The predicted molar refractivity (Wildman–Crippen MR) is 80.4 cm³/mol. The number of nitrogens with one attached hydrogen (secondary N) is 1. The first-order valence-corrected chi connectivity index (χ1v) is 6.92. The smallest absolute Gasteiger partial charge is 0.252 e. The second-order valence-electron chi connectivity index (χ2n) is 5.40. The van der Waals surface area contributed by atoms with E-state index >= 15 is 0 Å². The maximum atomic E-state index is 12.1. The van der Waals surface area contributed by atoms with Gasteiger partial charge in [0.2, 0.25) is 0 Å². The molecule has 1 amide bonds. The van der Waals surface area contributed by atoms with Gasteiger partial charge in [0.15, 0.2) is 0 Å². The van der Waals surface area contributed by atoms with Gasteiger partial charge in [0.1, 0.15) is 0 Å². The summed E-state index contributed by atoms with van der Waals surface area (Å²) in [5.74, 6) is -0.186. The Balaban J connectivity index is 2.68. The van der Waals surface area contributed by atoms with Gasteiger partial charge in [0.25, 0.3) is 5.91 Å². The van der Waals surface area contributed by atoms with Crippen LogP contribution in [0.1, 0.15) is 22.8 Å². The summed E-state index contributed by atoms with van der Waals surface area (Å²) in [6, 6.07) is 5.60. The van der Waals surface area contributed by atoms with Crippen molar-refractivity contribution in [1.82, 2.24) is 10.2 Å². The number of hydrogen-bond acceptors (Lipinski definition) is 3. The maximum Gasteiger partial charge on any atom is 0.252 e. The van der Waals surface area contributed by atoms with Crippen LogP contribution in [0.15, 0.2) is 22.7 Å². The molecule has 106 valence electrons. The fourth-order valence-corrected chi connectivity index (χ4v) is 2.34. The zero-order valence-electron chi connectivity index (χ0n) is 11.8. The molecule has 0 aromatic heterocycles. The molecule has 0 saturated carbocycles. The molecule has 19 heavy (non-hydrogen) atoms. The maximum absolute atomic E-state index is 12.1. The third-order valence-corrected chi connectivity index (χ3v) is 3.34. The topological polar surface area (TPSA) is 52.6 Å². The van der Waals surface area contributed by atoms with Crippen molar-refractivity contribution >= 4 is 21.8 Å². The summed E-state index contributed by atoms with van der Waals surface area (Å²) >= 11 is 3.36. The van der Waals surface area contributed by atoms with E-state index in [1.165, 1.54) is 0 Å². The SMILES string of the molecule is Cc1ccc(Br)c(C(=O)NCC(C)(O)CN(C)C)c1. The molecule has 0 aliphatic heterocycles. The van der Waals surface area contributed by atoms with Crippen molar-refractivity contribution in [3.63, 3.8) is 0 Å². The number of carbonyl (C=O) groups is 1. The van der Waals surface area contributed by atoms with E-state index in [2.05, 4.69) is 21.2 Å². The minimum Gasteiger partial charge on any atom is -0.387 e. The highest BCUT2D eigenvalue weighted by Gasteiger charge is 2.22. The standard InChI is InChI=1S/C14H21BrN2O2/c1-10-5-6-12(15)11(7-10)13(18)16-8-14(2,19)9-17(3)4/h5-7,19H,8-9H2,1-4H3,(H,16,18). The molecule has 1 aromatic rings. The Morgan fingerprint density at radius 3 is 2.68 bits per heavy atom. The van der Waals surface area contributed by atoms with E-state index in [9.17, 15) is 9.90 Å². The molecule has 0 spiro atoms. The predicted octanol–water partition coefficient (Wildman–Crippen LogP) is 1.80.